The summed E-state index contributed by atoms with van der Waals surface area (Å²) < 4.78 is 2.46. The van der Waals surface area contributed by atoms with Crippen LogP contribution in [0.3, 0.4) is 0 Å². The van der Waals surface area contributed by atoms with Gasteiger partial charge in [0.2, 0.25) is 0 Å². The van der Waals surface area contributed by atoms with Gasteiger partial charge >= 0.3 is 0 Å². The molecule has 1 rings (SSSR count). The molecule has 0 unspecified atom stereocenters. The Morgan fingerprint density at radius 1 is 0.842 bits per heavy atom. The summed E-state index contributed by atoms with van der Waals surface area (Å²) in [5.41, 5.74) is 1.53. The lowest BCUT2D eigenvalue weighted by molar-refractivity contribution is 0.540. The maximum absolute atomic E-state index is 2.46. The number of rotatable bonds is 11. The van der Waals surface area contributed by atoms with Crippen LogP contribution in [-0.2, 0) is 13.0 Å². The van der Waals surface area contributed by atoms with Crippen LogP contribution in [0.4, 0.5) is 0 Å². The zero-order valence-corrected chi connectivity index (χ0v) is 13.7. The molecule has 0 amide bonds. The van der Waals surface area contributed by atoms with Crippen LogP contribution in [0.5, 0.6) is 0 Å². The summed E-state index contributed by atoms with van der Waals surface area (Å²) in [4.78, 5) is 0. The monoisotopic (exact) mass is 285 g/mol. The van der Waals surface area contributed by atoms with Crippen molar-refractivity contribution in [1.82, 2.24) is 4.57 Å². The van der Waals surface area contributed by atoms with Crippen molar-refractivity contribution in [2.75, 3.05) is 0 Å². The van der Waals surface area contributed by atoms with E-state index in [0.717, 1.165) is 0 Å². The van der Waals surface area contributed by atoms with E-state index in [2.05, 4.69) is 36.7 Å². The molecular weight excluding hydrogens is 254 g/mol. The molecule has 1 heterocycles. The van der Waals surface area contributed by atoms with E-state index in [0.29, 0.717) is 0 Å². The van der Waals surface area contributed by atoms with E-state index in [1.807, 2.05) is 0 Å². The first-order valence-corrected chi connectivity index (χ1v) is 8.02. The number of nitrogens with zero attached hydrogens (tertiary/aromatic N) is 1. The average Bonchev–Trinajstić information content (AvgIpc) is 2.83. The molecule has 1 nitrogen and oxygen atoms in total. The van der Waals surface area contributed by atoms with Crippen molar-refractivity contribution in [3.8, 4) is 0 Å². The molecule has 0 N–H and O–H groups in total. The molecule has 0 aliphatic heterocycles. The quantitative estimate of drug-likeness (QED) is 0.439. The fourth-order valence-electron chi connectivity index (χ4n) is 2.49. The highest BCUT2D eigenvalue weighted by Gasteiger charge is 2.00. The van der Waals surface area contributed by atoms with Crippen LogP contribution in [0.2, 0.25) is 0 Å². The number of unbranched alkanes of at least 4 members (excludes halogenated alkanes) is 7. The van der Waals surface area contributed by atoms with Gasteiger partial charge in [-0.2, -0.15) is 0 Å². The molecule has 0 aliphatic carbocycles. The predicted octanol–water partition coefficient (Wildman–Crippen LogP) is 6.00. The van der Waals surface area contributed by atoms with Crippen LogP contribution < -0.4 is 0 Å². The zero-order valence-electron chi connectivity index (χ0n) is 12.9. The highest BCUT2D eigenvalue weighted by Crippen LogP contribution is 2.11. The van der Waals surface area contributed by atoms with Crippen LogP contribution in [0.25, 0.3) is 0 Å². The van der Waals surface area contributed by atoms with Gasteiger partial charge in [-0.15, -0.1) is 12.4 Å². The minimum Gasteiger partial charge on any atom is -0.351 e. The maximum atomic E-state index is 2.46. The van der Waals surface area contributed by atoms with Crippen molar-refractivity contribution in [3.05, 3.63) is 24.0 Å². The van der Waals surface area contributed by atoms with Gasteiger partial charge in [0.1, 0.15) is 0 Å². The molecule has 0 saturated heterocycles. The molecule has 0 aliphatic rings. The molecule has 0 bridgehead atoms. The molecule has 1 aromatic heterocycles. The minimum atomic E-state index is 0. The van der Waals surface area contributed by atoms with Crippen LogP contribution in [0.15, 0.2) is 18.3 Å². The Kier molecular flexibility index (Phi) is 12.3. The van der Waals surface area contributed by atoms with Crippen molar-refractivity contribution in [3.63, 3.8) is 0 Å². The molecule has 0 saturated carbocycles. The summed E-state index contributed by atoms with van der Waals surface area (Å²) in [7, 11) is 0. The second-order valence-corrected chi connectivity index (χ2v) is 5.42. The predicted molar refractivity (Wildman–Crippen MR) is 88.3 cm³/mol. The van der Waals surface area contributed by atoms with E-state index in [9.17, 15) is 0 Å². The Morgan fingerprint density at radius 2 is 1.47 bits per heavy atom. The van der Waals surface area contributed by atoms with E-state index < -0.39 is 0 Å². The van der Waals surface area contributed by atoms with Gasteiger partial charge in [0.25, 0.3) is 0 Å². The second-order valence-electron chi connectivity index (χ2n) is 5.42. The van der Waals surface area contributed by atoms with Crippen LogP contribution in [-0.4, -0.2) is 4.57 Å². The van der Waals surface area contributed by atoms with Gasteiger partial charge in [-0.05, 0) is 31.4 Å². The van der Waals surface area contributed by atoms with Crippen LogP contribution >= 0.6 is 12.4 Å². The molecule has 112 valence electrons. The fraction of sp³-hybridized carbons (Fsp3) is 0.765. The molecule has 0 atom stereocenters. The highest BCUT2D eigenvalue weighted by molar-refractivity contribution is 5.85. The Balaban J connectivity index is 0.00000324. The van der Waals surface area contributed by atoms with Gasteiger partial charge in [-0.1, -0.05) is 58.8 Å². The third kappa shape index (κ3) is 8.36. The fourth-order valence-corrected chi connectivity index (χ4v) is 2.49. The van der Waals surface area contributed by atoms with Crippen LogP contribution in [0, 0.1) is 0 Å². The summed E-state index contributed by atoms with van der Waals surface area (Å²) in [6, 6.07) is 4.49. The Bertz CT molecular complexity index is 293. The average molecular weight is 286 g/mol. The van der Waals surface area contributed by atoms with Crippen LogP contribution in [0.1, 0.15) is 77.3 Å². The standard InChI is InChI=1S/C17H31N.ClH/c1-3-5-7-8-9-10-11-15-18-16-12-14-17(18)13-6-4-2;/h12,14,16H,3-11,13,15H2,1-2H3;1H. The number of halogens is 1. The first kappa shape index (κ1) is 18.6. The van der Waals surface area contributed by atoms with Crippen molar-refractivity contribution in [2.24, 2.45) is 0 Å². The molecule has 0 aromatic carbocycles. The van der Waals surface area contributed by atoms with Gasteiger partial charge in [0, 0.05) is 18.4 Å². The first-order valence-electron chi connectivity index (χ1n) is 8.02. The lowest BCUT2D eigenvalue weighted by Crippen LogP contribution is -2.02. The Morgan fingerprint density at radius 3 is 2.16 bits per heavy atom. The molecule has 0 fully saturated rings. The summed E-state index contributed by atoms with van der Waals surface area (Å²) in [6.45, 7) is 5.77. The van der Waals surface area contributed by atoms with Crippen molar-refractivity contribution in [1.29, 1.82) is 0 Å². The lowest BCUT2D eigenvalue weighted by atomic mass is 10.1. The minimum absolute atomic E-state index is 0. The van der Waals surface area contributed by atoms with Gasteiger partial charge in [0.05, 0.1) is 0 Å². The summed E-state index contributed by atoms with van der Waals surface area (Å²) in [5, 5.41) is 0. The Hall–Kier alpha value is -0.430. The maximum Gasteiger partial charge on any atom is 0.0222 e. The van der Waals surface area contributed by atoms with E-state index in [1.165, 1.54) is 76.4 Å². The van der Waals surface area contributed by atoms with Crippen molar-refractivity contribution in [2.45, 2.75) is 84.6 Å². The smallest absolute Gasteiger partial charge is 0.0222 e. The Labute approximate surface area is 126 Å². The largest absolute Gasteiger partial charge is 0.351 e. The summed E-state index contributed by atoms with van der Waals surface area (Å²) >= 11 is 0. The van der Waals surface area contributed by atoms with Crippen molar-refractivity contribution < 1.29 is 0 Å². The molecular formula is C17H32ClN. The van der Waals surface area contributed by atoms with E-state index in [4.69, 9.17) is 0 Å². The number of hydrogen-bond donors (Lipinski definition) is 0. The van der Waals surface area contributed by atoms with E-state index in [1.54, 1.807) is 0 Å². The number of aromatic nitrogens is 1. The van der Waals surface area contributed by atoms with Gasteiger partial charge in [0.15, 0.2) is 0 Å². The number of hydrogen-bond acceptors (Lipinski definition) is 0. The van der Waals surface area contributed by atoms with Gasteiger partial charge < -0.3 is 4.57 Å². The van der Waals surface area contributed by atoms with Crippen molar-refractivity contribution >= 4 is 12.4 Å². The van der Waals surface area contributed by atoms with E-state index >= 15 is 0 Å². The number of aryl methyl sites for hydroxylation is 2. The first-order chi connectivity index (χ1) is 8.88. The third-order valence-electron chi connectivity index (χ3n) is 3.71. The topological polar surface area (TPSA) is 4.93 Å². The normalized spacial score (nSPS) is 10.4. The highest BCUT2D eigenvalue weighted by atomic mass is 35.5. The van der Waals surface area contributed by atoms with Gasteiger partial charge in [-0.25, -0.2) is 0 Å². The van der Waals surface area contributed by atoms with Gasteiger partial charge in [-0.3, -0.25) is 0 Å². The molecule has 19 heavy (non-hydrogen) atoms. The third-order valence-corrected chi connectivity index (χ3v) is 3.71. The molecule has 2 heteroatoms. The lowest BCUT2D eigenvalue weighted by Gasteiger charge is -2.08. The van der Waals surface area contributed by atoms with E-state index in [-0.39, 0.29) is 12.4 Å². The SMILES string of the molecule is CCCCCCCCCn1cccc1CCCC.Cl. The summed E-state index contributed by atoms with van der Waals surface area (Å²) in [5.74, 6) is 0. The second kappa shape index (κ2) is 12.6. The molecule has 0 radical (unpaired) electrons. The molecule has 0 spiro atoms. The summed E-state index contributed by atoms with van der Waals surface area (Å²) in [6.07, 6.45) is 15.9. The zero-order chi connectivity index (χ0) is 13.1. The molecule has 1 aromatic rings.